The van der Waals surface area contributed by atoms with Crippen molar-refractivity contribution in [1.29, 1.82) is 0 Å². The van der Waals surface area contributed by atoms with Crippen molar-refractivity contribution in [3.8, 4) is 5.75 Å². The van der Waals surface area contributed by atoms with Gasteiger partial charge in [-0.15, -0.1) is 0 Å². The number of methoxy groups -OCH3 is 1. The first-order valence-electron chi connectivity index (χ1n) is 10.6. The highest BCUT2D eigenvalue weighted by atomic mass is 16.5. The summed E-state index contributed by atoms with van der Waals surface area (Å²) in [4.78, 5) is 31.7. The second-order valence-electron chi connectivity index (χ2n) is 8.95. The Hall–Kier alpha value is -3.87. The maximum Gasteiger partial charge on any atom is 0.296 e. The van der Waals surface area contributed by atoms with Gasteiger partial charge in [0.2, 0.25) is 0 Å². The number of pyridine rings is 1. The molecule has 0 spiro atoms. The number of nitrogens with zero attached hydrogens (tertiary/aromatic N) is 2. The second-order valence-corrected chi connectivity index (χ2v) is 8.95. The monoisotopic (exact) mass is 446 g/mol. The third-order valence-corrected chi connectivity index (χ3v) is 5.75. The first-order valence-corrected chi connectivity index (χ1v) is 10.6. The van der Waals surface area contributed by atoms with Crippen LogP contribution in [0.15, 0.2) is 71.1 Å². The Bertz CT molecular complexity index is 1210. The van der Waals surface area contributed by atoms with E-state index in [4.69, 9.17) is 9.15 Å². The topological polar surface area (TPSA) is 92.9 Å². The number of ketones is 1. The molecule has 33 heavy (non-hydrogen) atoms. The average molecular weight is 447 g/mol. The van der Waals surface area contributed by atoms with Crippen LogP contribution in [-0.2, 0) is 21.5 Å². The number of furan rings is 1. The molecular weight excluding hydrogens is 420 g/mol. The van der Waals surface area contributed by atoms with Gasteiger partial charge in [-0.25, -0.2) is 0 Å². The van der Waals surface area contributed by atoms with Gasteiger partial charge < -0.3 is 19.2 Å². The van der Waals surface area contributed by atoms with Crippen molar-refractivity contribution >= 4 is 17.4 Å². The zero-order valence-electron chi connectivity index (χ0n) is 19.0. The summed E-state index contributed by atoms with van der Waals surface area (Å²) >= 11 is 0. The standard InChI is InChI=1S/C26H26N2O5/c1-26(2,3)19-14-17(7-8-20(19)32-4)23(29)21-22(16-9-11-27-12-10-16)28(25(31)24(21)30)15-18-6-5-13-33-18/h5-14,22,29H,15H2,1-4H3/b23-21-. The Balaban J connectivity index is 1.88. The number of aliphatic hydroxyl groups excluding tert-OH is 1. The van der Waals surface area contributed by atoms with E-state index in [-0.39, 0.29) is 23.3 Å². The minimum Gasteiger partial charge on any atom is -0.507 e. The van der Waals surface area contributed by atoms with Crippen LogP contribution in [0.1, 0.15) is 49.3 Å². The van der Waals surface area contributed by atoms with Gasteiger partial charge in [-0.1, -0.05) is 20.8 Å². The van der Waals surface area contributed by atoms with Crippen molar-refractivity contribution in [3.63, 3.8) is 0 Å². The summed E-state index contributed by atoms with van der Waals surface area (Å²) in [6.07, 6.45) is 4.69. The van der Waals surface area contributed by atoms with E-state index in [0.29, 0.717) is 22.6 Å². The number of carbonyl (C=O) groups excluding carboxylic acids is 2. The van der Waals surface area contributed by atoms with Gasteiger partial charge in [-0.05, 0) is 53.4 Å². The van der Waals surface area contributed by atoms with Gasteiger partial charge in [0, 0.05) is 23.5 Å². The van der Waals surface area contributed by atoms with Crippen LogP contribution < -0.4 is 4.74 Å². The van der Waals surface area contributed by atoms with E-state index < -0.39 is 17.7 Å². The van der Waals surface area contributed by atoms with Gasteiger partial charge in [0.1, 0.15) is 17.3 Å². The molecule has 1 saturated heterocycles. The summed E-state index contributed by atoms with van der Waals surface area (Å²) in [7, 11) is 1.59. The Morgan fingerprint density at radius 3 is 2.48 bits per heavy atom. The highest BCUT2D eigenvalue weighted by Crippen LogP contribution is 2.41. The number of Topliss-reactive ketones (excluding diaryl/α,β-unsaturated/α-hetero) is 1. The van der Waals surface area contributed by atoms with Crippen molar-refractivity contribution in [2.24, 2.45) is 0 Å². The summed E-state index contributed by atoms with van der Waals surface area (Å²) < 4.78 is 10.9. The molecule has 7 heteroatoms. The average Bonchev–Trinajstić information content (AvgIpc) is 3.40. The molecule has 3 heterocycles. The molecular formula is C26H26N2O5. The third kappa shape index (κ3) is 4.14. The minimum atomic E-state index is -0.779. The van der Waals surface area contributed by atoms with Crippen LogP contribution in [-0.4, -0.2) is 33.8 Å². The number of hydrogen-bond donors (Lipinski definition) is 1. The lowest BCUT2D eigenvalue weighted by Gasteiger charge is -2.25. The number of hydrogen-bond acceptors (Lipinski definition) is 6. The number of amides is 1. The lowest BCUT2D eigenvalue weighted by atomic mass is 9.84. The Morgan fingerprint density at radius 1 is 1.15 bits per heavy atom. The highest BCUT2D eigenvalue weighted by Gasteiger charge is 2.46. The molecule has 1 aliphatic heterocycles. The van der Waals surface area contributed by atoms with E-state index in [9.17, 15) is 14.7 Å². The van der Waals surface area contributed by atoms with Gasteiger partial charge >= 0.3 is 0 Å². The summed E-state index contributed by atoms with van der Waals surface area (Å²) in [5.74, 6) is -0.447. The molecule has 7 nitrogen and oxygen atoms in total. The molecule has 0 bridgehead atoms. The predicted octanol–water partition coefficient (Wildman–Crippen LogP) is 4.60. The van der Waals surface area contributed by atoms with Crippen molar-refractivity contribution in [3.05, 3.63) is 89.1 Å². The summed E-state index contributed by atoms with van der Waals surface area (Å²) in [5.41, 5.74) is 1.75. The van der Waals surface area contributed by atoms with Crippen molar-refractivity contribution in [2.45, 2.75) is 38.8 Å². The molecule has 1 unspecified atom stereocenters. The van der Waals surface area contributed by atoms with E-state index >= 15 is 0 Å². The van der Waals surface area contributed by atoms with Crippen LogP contribution >= 0.6 is 0 Å². The summed E-state index contributed by atoms with van der Waals surface area (Å²) in [5, 5.41) is 11.3. The predicted molar refractivity (Wildman–Crippen MR) is 122 cm³/mol. The number of carbonyl (C=O) groups is 2. The number of aromatic nitrogens is 1. The number of benzene rings is 1. The minimum absolute atomic E-state index is 0.0304. The molecule has 1 aromatic carbocycles. The van der Waals surface area contributed by atoms with E-state index in [0.717, 1.165) is 5.56 Å². The van der Waals surface area contributed by atoms with E-state index in [2.05, 4.69) is 4.98 Å². The molecule has 0 aliphatic carbocycles. The number of likely N-dealkylation sites (tertiary alicyclic amines) is 1. The summed E-state index contributed by atoms with van der Waals surface area (Å²) in [6.45, 7) is 6.20. The number of rotatable bonds is 5. The van der Waals surface area contributed by atoms with Crippen LogP contribution in [0.3, 0.4) is 0 Å². The summed E-state index contributed by atoms with van der Waals surface area (Å²) in [6, 6.07) is 11.4. The van der Waals surface area contributed by atoms with E-state index in [1.807, 2.05) is 20.8 Å². The van der Waals surface area contributed by atoms with Crippen LogP contribution in [0.5, 0.6) is 5.75 Å². The van der Waals surface area contributed by atoms with Crippen molar-refractivity contribution in [2.75, 3.05) is 7.11 Å². The molecule has 4 rings (SSSR count). The lowest BCUT2D eigenvalue weighted by molar-refractivity contribution is -0.140. The fourth-order valence-corrected chi connectivity index (χ4v) is 4.10. The molecule has 0 saturated carbocycles. The van der Waals surface area contributed by atoms with Gasteiger partial charge in [0.05, 0.1) is 31.5 Å². The van der Waals surface area contributed by atoms with Crippen LogP contribution in [0.4, 0.5) is 0 Å². The largest absolute Gasteiger partial charge is 0.507 e. The Labute approximate surface area is 192 Å². The molecule has 0 radical (unpaired) electrons. The third-order valence-electron chi connectivity index (χ3n) is 5.75. The Kier molecular flexibility index (Phi) is 5.80. The molecule has 1 amide bonds. The fourth-order valence-electron chi connectivity index (χ4n) is 4.10. The molecule has 1 fully saturated rings. The maximum absolute atomic E-state index is 13.2. The van der Waals surface area contributed by atoms with Crippen molar-refractivity contribution < 1.29 is 23.8 Å². The second kappa shape index (κ2) is 8.58. The zero-order valence-corrected chi connectivity index (χ0v) is 19.0. The number of aliphatic hydroxyl groups is 1. The smallest absolute Gasteiger partial charge is 0.296 e. The molecule has 170 valence electrons. The maximum atomic E-state index is 13.2. The fraction of sp³-hybridized carbons (Fsp3) is 0.269. The van der Waals surface area contributed by atoms with E-state index in [1.165, 1.54) is 11.2 Å². The van der Waals surface area contributed by atoms with Gasteiger partial charge in [0.15, 0.2) is 0 Å². The zero-order chi connectivity index (χ0) is 23.8. The normalized spacial score (nSPS) is 18.1. The first-order chi connectivity index (χ1) is 15.7. The van der Waals surface area contributed by atoms with Gasteiger partial charge in [-0.3, -0.25) is 14.6 Å². The molecule has 3 aromatic rings. The molecule has 1 aliphatic rings. The van der Waals surface area contributed by atoms with Gasteiger partial charge in [-0.2, -0.15) is 0 Å². The van der Waals surface area contributed by atoms with Gasteiger partial charge in [0.25, 0.3) is 11.7 Å². The van der Waals surface area contributed by atoms with Crippen LogP contribution in [0.25, 0.3) is 5.76 Å². The van der Waals surface area contributed by atoms with Crippen molar-refractivity contribution in [1.82, 2.24) is 9.88 Å². The first kappa shape index (κ1) is 22.3. The lowest BCUT2D eigenvalue weighted by Crippen LogP contribution is -2.29. The molecule has 2 aromatic heterocycles. The Morgan fingerprint density at radius 2 is 1.88 bits per heavy atom. The number of ether oxygens (including phenoxy) is 1. The molecule has 1 N–H and O–H groups in total. The van der Waals surface area contributed by atoms with Crippen LogP contribution in [0, 0.1) is 0 Å². The highest BCUT2D eigenvalue weighted by molar-refractivity contribution is 6.46. The SMILES string of the molecule is COc1ccc(/C(O)=C2/C(=O)C(=O)N(Cc3ccco3)C2c2ccncc2)cc1C(C)(C)C. The van der Waals surface area contributed by atoms with Crippen LogP contribution in [0.2, 0.25) is 0 Å². The van der Waals surface area contributed by atoms with E-state index in [1.54, 1.807) is 62.0 Å². The quantitative estimate of drug-likeness (QED) is 0.350. The molecule has 1 atom stereocenters.